The molecule has 6 rings (SSSR count). The van der Waals surface area contributed by atoms with Gasteiger partial charge in [-0.3, -0.25) is 14.7 Å². The summed E-state index contributed by atoms with van der Waals surface area (Å²) in [4.78, 5) is 20.4. The number of morpholine rings is 1. The van der Waals surface area contributed by atoms with Crippen molar-refractivity contribution in [1.29, 1.82) is 0 Å². The van der Waals surface area contributed by atoms with Crippen LogP contribution in [0.1, 0.15) is 31.2 Å². The second kappa shape index (κ2) is 8.53. The van der Waals surface area contributed by atoms with Gasteiger partial charge in [-0.15, -0.1) is 0 Å². The molecule has 1 N–H and O–H groups in total. The zero-order valence-corrected chi connectivity index (χ0v) is 19.3. The fourth-order valence-electron chi connectivity index (χ4n) is 5.32. The van der Waals surface area contributed by atoms with E-state index in [1.54, 1.807) is 24.3 Å². The Labute approximate surface area is 202 Å². The van der Waals surface area contributed by atoms with E-state index in [0.717, 1.165) is 31.1 Å². The van der Waals surface area contributed by atoms with E-state index in [9.17, 15) is 9.90 Å². The number of carbonyl (C=O) groups excluding carboxylic acids is 1. The lowest BCUT2D eigenvalue weighted by atomic mass is 9.89. The minimum absolute atomic E-state index is 0.0629. The van der Waals surface area contributed by atoms with Gasteiger partial charge in [0.2, 0.25) is 5.91 Å². The number of halogens is 2. The maximum absolute atomic E-state index is 15.1. The summed E-state index contributed by atoms with van der Waals surface area (Å²) < 4.78 is 36.1. The Balaban J connectivity index is 1.15. The standard InChI is InChI=1S/C27H27F2N3O3/c28-23-10-19(17-1-2-18-9-21(33)13-30-25(18)12-17)11-24(29)22(23)14-31-7-5-27(6-8-31)16-32(20-3-4-20)26(34)15-35-27/h1-2,9-13,20,33H,3-8,14-16H2. The fraction of sp³-hybridized carbons (Fsp3) is 0.407. The van der Waals surface area contributed by atoms with Crippen molar-refractivity contribution >= 4 is 16.8 Å². The summed E-state index contributed by atoms with van der Waals surface area (Å²) in [6.45, 7) is 2.28. The van der Waals surface area contributed by atoms with Crippen LogP contribution < -0.4 is 0 Å². The quantitative estimate of drug-likeness (QED) is 0.607. The van der Waals surface area contributed by atoms with Crippen LogP contribution in [0.3, 0.4) is 0 Å². The van der Waals surface area contributed by atoms with Crippen LogP contribution >= 0.6 is 0 Å². The second-order valence-electron chi connectivity index (χ2n) is 10.0. The van der Waals surface area contributed by atoms with Crippen LogP contribution in [-0.2, 0) is 16.1 Å². The van der Waals surface area contributed by atoms with Crippen LogP contribution in [0.25, 0.3) is 22.0 Å². The van der Waals surface area contributed by atoms with Crippen molar-refractivity contribution in [1.82, 2.24) is 14.8 Å². The average molecular weight is 480 g/mol. The highest BCUT2D eigenvalue weighted by molar-refractivity contribution is 5.85. The highest BCUT2D eigenvalue weighted by Crippen LogP contribution is 2.37. The number of fused-ring (bicyclic) bond motifs is 1. The second-order valence-corrected chi connectivity index (χ2v) is 10.0. The predicted octanol–water partition coefficient (Wildman–Crippen LogP) is 4.24. The molecule has 3 fully saturated rings. The van der Waals surface area contributed by atoms with Crippen molar-refractivity contribution in [2.24, 2.45) is 0 Å². The summed E-state index contributed by atoms with van der Waals surface area (Å²) in [6.07, 6.45) is 4.97. The van der Waals surface area contributed by atoms with Gasteiger partial charge in [0, 0.05) is 36.6 Å². The molecule has 1 aliphatic carbocycles. The number of carbonyl (C=O) groups is 1. The molecule has 1 aromatic heterocycles. The Morgan fingerprint density at radius 2 is 1.80 bits per heavy atom. The number of nitrogens with zero attached hydrogens (tertiary/aromatic N) is 3. The molecule has 2 aromatic carbocycles. The van der Waals surface area contributed by atoms with Gasteiger partial charge in [0.25, 0.3) is 0 Å². The monoisotopic (exact) mass is 479 g/mol. The van der Waals surface area contributed by atoms with Crippen molar-refractivity contribution in [2.75, 3.05) is 26.2 Å². The van der Waals surface area contributed by atoms with E-state index < -0.39 is 11.6 Å². The van der Waals surface area contributed by atoms with E-state index in [1.807, 2.05) is 4.90 Å². The SMILES string of the molecule is O=C1COC2(CCN(Cc3c(F)cc(-c4ccc5cc(O)cnc5c4)cc3F)CC2)CN1C1CC1. The molecule has 35 heavy (non-hydrogen) atoms. The van der Waals surface area contributed by atoms with E-state index >= 15 is 8.78 Å². The minimum atomic E-state index is -0.571. The Kier molecular flexibility index (Phi) is 5.45. The fourth-order valence-corrected chi connectivity index (χ4v) is 5.32. The summed E-state index contributed by atoms with van der Waals surface area (Å²) in [5.41, 5.74) is 1.46. The van der Waals surface area contributed by atoms with E-state index in [-0.39, 0.29) is 36.0 Å². The lowest BCUT2D eigenvalue weighted by molar-refractivity contribution is -0.172. The molecule has 182 valence electrons. The largest absolute Gasteiger partial charge is 0.506 e. The van der Waals surface area contributed by atoms with E-state index in [4.69, 9.17) is 4.74 Å². The van der Waals surface area contributed by atoms with Crippen molar-refractivity contribution in [3.8, 4) is 16.9 Å². The molecule has 0 bridgehead atoms. The zero-order chi connectivity index (χ0) is 24.2. The molecule has 1 amide bonds. The van der Waals surface area contributed by atoms with Crippen LogP contribution in [-0.4, -0.2) is 63.7 Å². The van der Waals surface area contributed by atoms with Crippen LogP contribution in [0.15, 0.2) is 42.6 Å². The zero-order valence-electron chi connectivity index (χ0n) is 19.3. The summed E-state index contributed by atoms with van der Waals surface area (Å²) >= 11 is 0. The van der Waals surface area contributed by atoms with Crippen molar-refractivity contribution < 1.29 is 23.4 Å². The van der Waals surface area contributed by atoms with Crippen LogP contribution in [0.4, 0.5) is 8.78 Å². The minimum Gasteiger partial charge on any atom is -0.506 e. The number of hydrogen-bond donors (Lipinski definition) is 1. The summed E-state index contributed by atoms with van der Waals surface area (Å²) in [5.74, 6) is -0.999. The Hall–Kier alpha value is -3.10. The molecule has 3 aromatic rings. The lowest BCUT2D eigenvalue weighted by Crippen LogP contribution is -2.59. The third-order valence-electron chi connectivity index (χ3n) is 7.56. The van der Waals surface area contributed by atoms with Crippen LogP contribution in [0, 0.1) is 11.6 Å². The van der Waals surface area contributed by atoms with Crippen LogP contribution in [0.2, 0.25) is 0 Å². The van der Waals surface area contributed by atoms with Crippen LogP contribution in [0.5, 0.6) is 5.75 Å². The third kappa shape index (κ3) is 4.36. The predicted molar refractivity (Wildman–Crippen MR) is 127 cm³/mol. The summed E-state index contributed by atoms with van der Waals surface area (Å²) in [7, 11) is 0. The summed E-state index contributed by atoms with van der Waals surface area (Å²) in [6, 6.07) is 10.0. The van der Waals surface area contributed by atoms with Gasteiger partial charge in [-0.05, 0) is 61.1 Å². The number of pyridine rings is 1. The van der Waals surface area contributed by atoms with Gasteiger partial charge < -0.3 is 14.7 Å². The highest BCUT2D eigenvalue weighted by atomic mass is 19.1. The first kappa shape index (κ1) is 22.4. The number of aromatic nitrogens is 1. The molecule has 0 unspecified atom stereocenters. The topological polar surface area (TPSA) is 65.9 Å². The number of likely N-dealkylation sites (tertiary alicyclic amines) is 1. The van der Waals surface area contributed by atoms with Gasteiger partial charge in [0.15, 0.2) is 0 Å². The number of amides is 1. The first-order valence-corrected chi connectivity index (χ1v) is 12.1. The average Bonchev–Trinajstić information content (AvgIpc) is 3.69. The molecule has 1 saturated carbocycles. The molecule has 0 atom stereocenters. The first-order valence-electron chi connectivity index (χ1n) is 12.1. The van der Waals surface area contributed by atoms with Crippen molar-refractivity contribution in [2.45, 2.75) is 43.9 Å². The first-order chi connectivity index (χ1) is 16.9. The number of benzene rings is 2. The van der Waals surface area contributed by atoms with Crippen molar-refractivity contribution in [3.05, 3.63) is 59.8 Å². The lowest BCUT2D eigenvalue weighted by Gasteiger charge is -2.47. The number of rotatable bonds is 4. The molecule has 2 aliphatic heterocycles. The van der Waals surface area contributed by atoms with E-state index in [0.29, 0.717) is 42.3 Å². The van der Waals surface area contributed by atoms with Gasteiger partial charge in [0.05, 0.1) is 23.9 Å². The Morgan fingerprint density at radius 1 is 1.06 bits per heavy atom. The number of ether oxygens (including phenoxy) is 1. The van der Waals surface area contributed by atoms with Gasteiger partial charge in [-0.1, -0.05) is 12.1 Å². The van der Waals surface area contributed by atoms with Gasteiger partial charge in [-0.25, -0.2) is 8.78 Å². The molecule has 3 aliphatic rings. The van der Waals surface area contributed by atoms with Gasteiger partial charge in [0.1, 0.15) is 24.0 Å². The molecule has 3 heterocycles. The number of piperidine rings is 1. The molecule has 6 nitrogen and oxygen atoms in total. The number of hydrogen-bond acceptors (Lipinski definition) is 5. The van der Waals surface area contributed by atoms with E-state index in [2.05, 4.69) is 9.88 Å². The Bertz CT molecular complexity index is 1280. The Morgan fingerprint density at radius 3 is 2.51 bits per heavy atom. The molecule has 1 spiro atoms. The maximum atomic E-state index is 15.1. The highest BCUT2D eigenvalue weighted by Gasteiger charge is 2.46. The molecule has 0 radical (unpaired) electrons. The third-order valence-corrected chi connectivity index (χ3v) is 7.56. The van der Waals surface area contributed by atoms with Gasteiger partial charge in [-0.2, -0.15) is 0 Å². The molecule has 8 heteroatoms. The molecular formula is C27H27F2N3O3. The van der Waals surface area contributed by atoms with Gasteiger partial charge >= 0.3 is 0 Å². The maximum Gasteiger partial charge on any atom is 0.248 e. The van der Waals surface area contributed by atoms with Crippen molar-refractivity contribution in [3.63, 3.8) is 0 Å². The molecular weight excluding hydrogens is 452 g/mol. The summed E-state index contributed by atoms with van der Waals surface area (Å²) in [5, 5.41) is 10.3. The number of aromatic hydroxyl groups is 1. The smallest absolute Gasteiger partial charge is 0.248 e. The molecule has 2 saturated heterocycles. The normalized spacial score (nSPS) is 20.6. The van der Waals surface area contributed by atoms with E-state index in [1.165, 1.54) is 18.3 Å².